The Kier molecular flexibility index (Phi) is 5.70. The maximum Gasteiger partial charge on any atom is 0.329 e. The van der Waals surface area contributed by atoms with Crippen LogP contribution in [0.3, 0.4) is 0 Å². The van der Waals surface area contributed by atoms with E-state index in [4.69, 9.17) is 0 Å². The summed E-state index contributed by atoms with van der Waals surface area (Å²) in [6.07, 6.45) is 3.75. The molecule has 0 radical (unpaired) electrons. The number of nitrogens with zero attached hydrogens (tertiary/aromatic N) is 1. The number of hydrazone groups is 1. The second kappa shape index (κ2) is 7.55. The molecule has 1 aromatic carbocycles. The van der Waals surface area contributed by atoms with Gasteiger partial charge in [0, 0.05) is 11.4 Å². The van der Waals surface area contributed by atoms with E-state index in [-0.39, 0.29) is 5.41 Å². The zero-order valence-corrected chi connectivity index (χ0v) is 14.4. The van der Waals surface area contributed by atoms with E-state index >= 15 is 0 Å². The predicted molar refractivity (Wildman–Crippen MR) is 92.0 cm³/mol. The van der Waals surface area contributed by atoms with Crippen LogP contribution in [-0.4, -0.2) is 17.5 Å². The maximum atomic E-state index is 12.8. The third-order valence-corrected chi connectivity index (χ3v) is 4.41. The molecule has 0 aromatic heterocycles. The summed E-state index contributed by atoms with van der Waals surface area (Å²) in [5.41, 5.74) is 3.85. The number of anilines is 1. The van der Waals surface area contributed by atoms with E-state index < -0.39 is 17.6 Å². The van der Waals surface area contributed by atoms with Crippen LogP contribution in [0.15, 0.2) is 29.4 Å². The van der Waals surface area contributed by atoms with E-state index in [1.165, 1.54) is 24.3 Å². The van der Waals surface area contributed by atoms with Gasteiger partial charge in [-0.3, -0.25) is 9.59 Å². The van der Waals surface area contributed by atoms with Crippen LogP contribution >= 0.6 is 0 Å². The third kappa shape index (κ3) is 5.15. The average Bonchev–Trinajstić information content (AvgIpc) is 2.54. The predicted octanol–water partition coefficient (Wildman–Crippen LogP) is 3.47. The minimum atomic E-state index is -0.829. The molecule has 2 rings (SSSR count). The van der Waals surface area contributed by atoms with Crippen LogP contribution in [0.5, 0.6) is 0 Å². The summed E-state index contributed by atoms with van der Waals surface area (Å²) in [4.78, 5) is 23.5. The Hall–Kier alpha value is -2.24. The van der Waals surface area contributed by atoms with Gasteiger partial charge < -0.3 is 5.32 Å². The second-order valence-electron chi connectivity index (χ2n) is 7.22. The van der Waals surface area contributed by atoms with Gasteiger partial charge in [-0.25, -0.2) is 9.82 Å². The van der Waals surface area contributed by atoms with Gasteiger partial charge in [-0.05, 0) is 61.3 Å². The minimum absolute atomic E-state index is 0.282. The van der Waals surface area contributed by atoms with E-state index in [1.807, 2.05) is 0 Å². The van der Waals surface area contributed by atoms with Crippen molar-refractivity contribution >= 4 is 23.2 Å². The SMILES string of the molecule is CC(C)(C)C1CCC(=NNC(=O)C(=O)Nc2ccc(F)cc2)CC1. The fourth-order valence-electron chi connectivity index (χ4n) is 2.83. The van der Waals surface area contributed by atoms with Crippen molar-refractivity contribution in [1.82, 2.24) is 5.43 Å². The van der Waals surface area contributed by atoms with Gasteiger partial charge >= 0.3 is 11.8 Å². The van der Waals surface area contributed by atoms with Crippen LogP contribution in [0.2, 0.25) is 0 Å². The molecule has 0 saturated heterocycles. The largest absolute Gasteiger partial charge is 0.329 e. The molecule has 6 heteroatoms. The molecule has 0 spiro atoms. The lowest BCUT2D eigenvalue weighted by molar-refractivity contribution is -0.136. The Morgan fingerprint density at radius 2 is 1.67 bits per heavy atom. The molecule has 0 atom stereocenters. The van der Waals surface area contributed by atoms with Gasteiger partial charge in [-0.1, -0.05) is 20.8 Å². The van der Waals surface area contributed by atoms with Crippen LogP contribution in [-0.2, 0) is 9.59 Å². The van der Waals surface area contributed by atoms with E-state index in [0.29, 0.717) is 11.6 Å². The molecule has 2 amide bonds. The number of carbonyl (C=O) groups is 2. The van der Waals surface area contributed by atoms with Gasteiger partial charge in [0.05, 0.1) is 0 Å². The van der Waals surface area contributed by atoms with Crippen molar-refractivity contribution in [1.29, 1.82) is 0 Å². The first-order valence-electron chi connectivity index (χ1n) is 8.18. The number of amides is 2. The number of halogens is 1. The second-order valence-corrected chi connectivity index (χ2v) is 7.22. The molecule has 1 aliphatic carbocycles. The molecule has 0 heterocycles. The van der Waals surface area contributed by atoms with Crippen molar-refractivity contribution in [2.75, 3.05) is 5.32 Å². The van der Waals surface area contributed by atoms with Crippen molar-refractivity contribution in [3.63, 3.8) is 0 Å². The average molecular weight is 333 g/mol. The summed E-state index contributed by atoms with van der Waals surface area (Å²) in [5.74, 6) is -1.41. The van der Waals surface area contributed by atoms with Crippen LogP contribution < -0.4 is 10.7 Å². The van der Waals surface area contributed by atoms with Crippen molar-refractivity contribution in [3.8, 4) is 0 Å². The van der Waals surface area contributed by atoms with Crippen molar-refractivity contribution < 1.29 is 14.0 Å². The van der Waals surface area contributed by atoms with Gasteiger partial charge in [-0.15, -0.1) is 0 Å². The van der Waals surface area contributed by atoms with Crippen LogP contribution in [0.4, 0.5) is 10.1 Å². The Morgan fingerprint density at radius 3 is 2.21 bits per heavy atom. The summed E-state index contributed by atoms with van der Waals surface area (Å²) in [6, 6.07) is 5.20. The zero-order chi connectivity index (χ0) is 17.7. The fourth-order valence-corrected chi connectivity index (χ4v) is 2.83. The molecule has 0 aliphatic heterocycles. The van der Waals surface area contributed by atoms with Crippen molar-refractivity contribution in [2.45, 2.75) is 46.5 Å². The molecule has 1 saturated carbocycles. The molecule has 0 unspecified atom stereocenters. The number of hydrogen-bond acceptors (Lipinski definition) is 3. The summed E-state index contributed by atoms with van der Waals surface area (Å²) in [7, 11) is 0. The molecule has 130 valence electrons. The lowest BCUT2D eigenvalue weighted by Gasteiger charge is -2.34. The number of rotatable bonds is 2. The van der Waals surface area contributed by atoms with Crippen molar-refractivity contribution in [3.05, 3.63) is 30.1 Å². The van der Waals surface area contributed by atoms with Gasteiger partial charge in [0.2, 0.25) is 0 Å². The van der Waals surface area contributed by atoms with E-state index in [1.54, 1.807) is 0 Å². The van der Waals surface area contributed by atoms with Crippen LogP contribution in [0.25, 0.3) is 0 Å². The van der Waals surface area contributed by atoms with E-state index in [9.17, 15) is 14.0 Å². The Balaban J connectivity index is 1.82. The first-order valence-corrected chi connectivity index (χ1v) is 8.18. The first-order chi connectivity index (χ1) is 11.3. The zero-order valence-electron chi connectivity index (χ0n) is 14.4. The molecule has 5 nitrogen and oxygen atoms in total. The van der Waals surface area contributed by atoms with Gasteiger partial charge in [0.15, 0.2) is 0 Å². The highest BCUT2D eigenvalue weighted by atomic mass is 19.1. The Labute approximate surface area is 141 Å². The highest BCUT2D eigenvalue weighted by molar-refractivity contribution is 6.39. The molecular weight excluding hydrogens is 309 g/mol. The lowest BCUT2D eigenvalue weighted by Crippen LogP contribution is -2.33. The topological polar surface area (TPSA) is 70.6 Å². The van der Waals surface area contributed by atoms with Gasteiger partial charge in [-0.2, -0.15) is 5.10 Å². The molecule has 1 aromatic rings. The smallest absolute Gasteiger partial charge is 0.318 e. The quantitative estimate of drug-likeness (QED) is 0.642. The van der Waals surface area contributed by atoms with E-state index in [2.05, 4.69) is 36.6 Å². The van der Waals surface area contributed by atoms with Crippen molar-refractivity contribution in [2.24, 2.45) is 16.4 Å². The summed E-state index contributed by atoms with van der Waals surface area (Å²) >= 11 is 0. The Bertz CT molecular complexity index is 623. The summed E-state index contributed by atoms with van der Waals surface area (Å²) < 4.78 is 12.8. The molecular formula is C18H24FN3O2. The standard InChI is InChI=1S/C18H24FN3O2/c1-18(2,3)12-4-8-15(9-5-12)21-22-17(24)16(23)20-14-10-6-13(19)7-11-14/h6-7,10-12H,4-5,8-9H2,1-3H3,(H,20,23)(H,22,24). The fraction of sp³-hybridized carbons (Fsp3) is 0.500. The first kappa shape index (κ1) is 18.1. The monoisotopic (exact) mass is 333 g/mol. The van der Waals surface area contributed by atoms with E-state index in [0.717, 1.165) is 31.4 Å². The lowest BCUT2D eigenvalue weighted by atomic mass is 9.72. The van der Waals surface area contributed by atoms with Crippen LogP contribution in [0.1, 0.15) is 46.5 Å². The highest BCUT2D eigenvalue weighted by Gasteiger charge is 2.28. The highest BCUT2D eigenvalue weighted by Crippen LogP contribution is 2.36. The number of nitrogens with one attached hydrogen (secondary N) is 2. The normalized spacial score (nSPS) is 18.0. The molecule has 0 bridgehead atoms. The summed E-state index contributed by atoms with van der Waals surface area (Å²) in [5, 5.41) is 6.47. The van der Waals surface area contributed by atoms with Crippen LogP contribution in [0, 0.1) is 17.2 Å². The van der Waals surface area contributed by atoms with Gasteiger partial charge in [0.25, 0.3) is 0 Å². The molecule has 2 N–H and O–H groups in total. The molecule has 1 fully saturated rings. The Morgan fingerprint density at radius 1 is 1.08 bits per heavy atom. The molecule has 24 heavy (non-hydrogen) atoms. The third-order valence-electron chi connectivity index (χ3n) is 4.41. The number of benzene rings is 1. The molecule has 1 aliphatic rings. The summed E-state index contributed by atoms with van der Waals surface area (Å²) in [6.45, 7) is 6.71. The maximum absolute atomic E-state index is 12.8. The number of carbonyl (C=O) groups excluding carboxylic acids is 2. The van der Waals surface area contributed by atoms with Gasteiger partial charge in [0.1, 0.15) is 5.82 Å². The minimum Gasteiger partial charge on any atom is -0.318 e. The number of hydrogen-bond donors (Lipinski definition) is 2.